The van der Waals surface area contributed by atoms with E-state index in [1.54, 1.807) is 14.2 Å². The number of rotatable bonds is 22. The van der Waals surface area contributed by atoms with Gasteiger partial charge in [0.1, 0.15) is 13.6 Å². The van der Waals surface area contributed by atoms with Crippen LogP contribution in [0.2, 0.25) is 23.2 Å². The standard InChI is InChI=1S/C55H84O9Si2/c1-14-65(15-2,16-3)64-53(9,36-62-66(52(6,7)8,43-23-19-17-20-24-43)44-25-21-18-22-26-44)35-49(63-40(5)56)51(57)39(4)46-29-30-47-45-28-27-41-33-42(60-37-58-12)31-32-54(41,10)48(45)34-50(55(46,47)11)61-38-59-13/h17-26,29-30,39,41-42,45,48-50H,14-16,27-28,31-38H2,1-13H3/t39-,41-,42-,45-,48-,49+,50+,53-,54-,55+/m0/s1. The third-order valence-electron chi connectivity index (χ3n) is 17.1. The molecule has 2 aromatic rings. The van der Waals surface area contributed by atoms with Crippen molar-refractivity contribution in [3.05, 3.63) is 84.0 Å². The molecule has 0 radical (unpaired) electrons. The molecular weight excluding hydrogens is 861 g/mol. The second-order valence-corrected chi connectivity index (χ2v) is 30.9. The van der Waals surface area contributed by atoms with E-state index in [0.29, 0.717) is 24.5 Å². The summed E-state index contributed by atoms with van der Waals surface area (Å²) in [5.41, 5.74) is 1.05. The van der Waals surface area contributed by atoms with Crippen molar-refractivity contribution in [2.45, 2.75) is 168 Å². The molecule has 0 amide bonds. The normalized spacial score (nSPS) is 28.5. The van der Waals surface area contributed by atoms with Crippen LogP contribution in [0.1, 0.15) is 121 Å². The molecule has 2 aromatic carbocycles. The third-order valence-corrected chi connectivity index (χ3v) is 26.9. The molecular formula is C55H84O9Si2. The lowest BCUT2D eigenvalue weighted by Gasteiger charge is -2.61. The fourth-order valence-corrected chi connectivity index (χ4v) is 21.2. The minimum Gasteiger partial charge on any atom is -0.454 e. The van der Waals surface area contributed by atoms with Crippen molar-refractivity contribution in [3.63, 3.8) is 0 Å². The number of methoxy groups -OCH3 is 2. The molecule has 10 atom stereocenters. The summed E-state index contributed by atoms with van der Waals surface area (Å²) in [5.74, 6) is 0.199. The predicted octanol–water partition coefficient (Wildman–Crippen LogP) is 11.0. The fraction of sp³-hybridized carbons (Fsp3) is 0.673. The van der Waals surface area contributed by atoms with Gasteiger partial charge in [-0.2, -0.15) is 0 Å². The largest absolute Gasteiger partial charge is 0.454 e. The third kappa shape index (κ3) is 10.3. The van der Waals surface area contributed by atoms with Crippen LogP contribution in [0.25, 0.3) is 0 Å². The zero-order chi connectivity index (χ0) is 48.1. The Balaban J connectivity index is 1.34. The van der Waals surface area contributed by atoms with Crippen LogP contribution in [-0.2, 0) is 42.1 Å². The van der Waals surface area contributed by atoms with E-state index in [9.17, 15) is 4.79 Å². The first-order valence-corrected chi connectivity index (χ1v) is 29.6. The quantitative estimate of drug-likeness (QED) is 0.0649. The van der Waals surface area contributed by atoms with E-state index >= 15 is 4.79 Å². The smallest absolute Gasteiger partial charge is 0.303 e. The molecule has 4 aliphatic carbocycles. The van der Waals surface area contributed by atoms with Crippen molar-refractivity contribution < 1.29 is 42.1 Å². The van der Waals surface area contributed by atoms with Crippen LogP contribution in [-0.4, -0.2) is 86.7 Å². The summed E-state index contributed by atoms with van der Waals surface area (Å²) >= 11 is 0. The highest BCUT2D eigenvalue weighted by molar-refractivity contribution is 6.99. The Hall–Kier alpha value is -2.75. The number of allylic oxidation sites excluding steroid dienone is 2. The number of carbonyl (C=O) groups excluding carboxylic acids is 2. The van der Waals surface area contributed by atoms with Crippen LogP contribution < -0.4 is 10.4 Å². The Kier molecular flexibility index (Phi) is 17.1. The van der Waals surface area contributed by atoms with Gasteiger partial charge in [0, 0.05) is 38.9 Å². The molecule has 0 spiro atoms. The molecule has 11 heteroatoms. The number of esters is 1. The van der Waals surface area contributed by atoms with Gasteiger partial charge in [-0.1, -0.05) is 134 Å². The Bertz CT molecular complexity index is 1950. The van der Waals surface area contributed by atoms with Crippen LogP contribution in [0.15, 0.2) is 84.0 Å². The molecule has 3 fully saturated rings. The molecule has 0 aliphatic heterocycles. The van der Waals surface area contributed by atoms with E-state index in [-0.39, 0.29) is 48.3 Å². The first-order chi connectivity index (χ1) is 31.3. The zero-order valence-electron chi connectivity index (χ0n) is 42.8. The highest BCUT2D eigenvalue weighted by Gasteiger charge is 2.61. The van der Waals surface area contributed by atoms with E-state index in [4.69, 9.17) is 32.5 Å². The van der Waals surface area contributed by atoms with Crippen molar-refractivity contribution in [1.29, 1.82) is 0 Å². The second-order valence-electron chi connectivity index (χ2n) is 21.9. The average molecular weight is 945 g/mol. The molecule has 4 aliphatic rings. The van der Waals surface area contributed by atoms with Crippen LogP contribution >= 0.6 is 0 Å². The van der Waals surface area contributed by atoms with Gasteiger partial charge in [0.2, 0.25) is 0 Å². The SMILES string of the molecule is CC[Si](CC)(CC)O[C@](C)(CO[Si](c1ccccc1)(c1ccccc1)C(C)(C)C)C[C@@H](OC(C)=O)C(=O)[C@@H](C)C1=CC=C2[C@@H]3CC[C@H]4C[C@@H](OCOC)CC[C@]4(C)[C@H]3C[C@@H](OCOC)[C@]12C. The first-order valence-electron chi connectivity index (χ1n) is 25.1. The van der Waals surface area contributed by atoms with Crippen molar-refractivity contribution >= 4 is 38.8 Å². The Morgan fingerprint density at radius 1 is 0.803 bits per heavy atom. The topological polar surface area (TPSA) is 98.8 Å². The van der Waals surface area contributed by atoms with E-state index in [2.05, 4.69) is 135 Å². The molecule has 0 bridgehead atoms. The Morgan fingerprint density at radius 3 is 1.94 bits per heavy atom. The zero-order valence-corrected chi connectivity index (χ0v) is 44.8. The minimum atomic E-state index is -3.02. The lowest BCUT2D eigenvalue weighted by atomic mass is 9.45. The lowest BCUT2D eigenvalue weighted by molar-refractivity contribution is -0.165. The summed E-state index contributed by atoms with van der Waals surface area (Å²) in [6.07, 6.45) is 9.96. The van der Waals surface area contributed by atoms with Gasteiger partial charge in [0.15, 0.2) is 20.2 Å². The maximum atomic E-state index is 15.5. The number of Topliss-reactive ketones (excluding diaryl/α,β-unsaturated/α-hetero) is 1. The number of ether oxygens (including phenoxy) is 5. The van der Waals surface area contributed by atoms with Gasteiger partial charge < -0.3 is 32.5 Å². The van der Waals surface area contributed by atoms with Gasteiger partial charge in [0.25, 0.3) is 8.32 Å². The Morgan fingerprint density at radius 2 is 1.39 bits per heavy atom. The highest BCUT2D eigenvalue weighted by atomic mass is 28.4. The first kappa shape index (κ1) is 52.6. The van der Waals surface area contributed by atoms with E-state index in [0.717, 1.165) is 62.2 Å². The summed E-state index contributed by atoms with van der Waals surface area (Å²) in [4.78, 5) is 28.7. The number of hydrogen-bond acceptors (Lipinski definition) is 9. The van der Waals surface area contributed by atoms with Gasteiger partial charge in [-0.15, -0.1) is 0 Å². The fourth-order valence-electron chi connectivity index (χ4n) is 13.4. The molecule has 0 N–H and O–H groups in total. The molecule has 366 valence electrons. The van der Waals surface area contributed by atoms with Gasteiger partial charge in [-0.25, -0.2) is 0 Å². The summed E-state index contributed by atoms with van der Waals surface area (Å²) in [6, 6.07) is 24.0. The number of fused-ring (bicyclic) bond motifs is 5. The van der Waals surface area contributed by atoms with Crippen LogP contribution in [0.4, 0.5) is 0 Å². The van der Waals surface area contributed by atoms with Gasteiger partial charge in [-0.05, 0) is 115 Å². The average Bonchev–Trinajstić information content (AvgIpc) is 3.67. The summed E-state index contributed by atoms with van der Waals surface area (Å²) in [7, 11) is -1.98. The van der Waals surface area contributed by atoms with Gasteiger partial charge in [0.05, 0.1) is 24.4 Å². The van der Waals surface area contributed by atoms with E-state index < -0.39 is 45.6 Å². The van der Waals surface area contributed by atoms with Crippen molar-refractivity contribution in [2.24, 2.45) is 34.5 Å². The highest BCUT2D eigenvalue weighted by Crippen LogP contribution is 2.66. The van der Waals surface area contributed by atoms with Gasteiger partial charge >= 0.3 is 5.97 Å². The van der Waals surface area contributed by atoms with Crippen molar-refractivity contribution in [1.82, 2.24) is 0 Å². The molecule has 0 unspecified atom stereocenters. The number of carbonyl (C=O) groups is 2. The summed E-state index contributed by atoms with van der Waals surface area (Å²) in [5, 5.41) is 2.08. The predicted molar refractivity (Wildman–Crippen MR) is 269 cm³/mol. The molecule has 9 nitrogen and oxygen atoms in total. The maximum Gasteiger partial charge on any atom is 0.303 e. The maximum absolute atomic E-state index is 15.5. The van der Waals surface area contributed by atoms with Crippen molar-refractivity contribution in [3.8, 4) is 0 Å². The lowest BCUT2D eigenvalue weighted by Crippen LogP contribution is -2.68. The van der Waals surface area contributed by atoms with E-state index in [1.165, 1.54) is 22.9 Å². The van der Waals surface area contributed by atoms with Gasteiger partial charge in [-0.3, -0.25) is 9.59 Å². The summed E-state index contributed by atoms with van der Waals surface area (Å²) < 4.78 is 45.1. The van der Waals surface area contributed by atoms with Crippen LogP contribution in [0, 0.1) is 34.5 Å². The molecule has 66 heavy (non-hydrogen) atoms. The van der Waals surface area contributed by atoms with Crippen LogP contribution in [0.3, 0.4) is 0 Å². The number of ketones is 1. The molecule has 6 rings (SSSR count). The summed E-state index contributed by atoms with van der Waals surface area (Å²) in [6.45, 7) is 24.6. The van der Waals surface area contributed by atoms with E-state index in [1.807, 2.05) is 6.92 Å². The molecule has 0 saturated heterocycles. The number of hydrogen-bond donors (Lipinski definition) is 0. The van der Waals surface area contributed by atoms with Crippen molar-refractivity contribution in [2.75, 3.05) is 34.4 Å². The number of benzene rings is 2. The minimum absolute atomic E-state index is 0.123. The monoisotopic (exact) mass is 945 g/mol. The molecule has 3 saturated carbocycles. The van der Waals surface area contributed by atoms with Crippen LogP contribution in [0.5, 0.6) is 0 Å². The Labute approximate surface area is 400 Å². The molecule has 0 heterocycles. The molecule has 0 aromatic heterocycles. The second kappa shape index (κ2) is 21.5.